The number of fused-ring (bicyclic) bond motifs is 1. The molecular weight excluding hydrogens is 294 g/mol. The Kier molecular flexibility index (Phi) is 3.26. The molecule has 3 aromatic rings. The van der Waals surface area contributed by atoms with Gasteiger partial charge in [-0.25, -0.2) is 4.98 Å². The maximum absolute atomic E-state index is 8.81. The Bertz CT molecular complexity index is 838. The summed E-state index contributed by atoms with van der Waals surface area (Å²) in [4.78, 5) is 5.13. The average molecular weight is 302 g/mol. The van der Waals surface area contributed by atoms with Crippen LogP contribution < -0.4 is 5.73 Å². The highest BCUT2D eigenvalue weighted by Crippen LogP contribution is 2.35. The van der Waals surface area contributed by atoms with Crippen LogP contribution in [0.4, 0.5) is 5.69 Å². The van der Waals surface area contributed by atoms with Crippen LogP contribution in [0.5, 0.6) is 0 Å². The lowest BCUT2D eigenvalue weighted by atomic mass is 10.2. The van der Waals surface area contributed by atoms with Crippen LogP contribution in [0, 0.1) is 11.3 Å². The second-order valence-electron chi connectivity index (χ2n) is 4.07. The molecule has 98 valence electrons. The summed E-state index contributed by atoms with van der Waals surface area (Å²) in [5.41, 5.74) is 8.24. The molecular formula is C14H8ClN3OS. The van der Waals surface area contributed by atoms with Crippen LogP contribution in [-0.4, -0.2) is 4.98 Å². The molecule has 0 bridgehead atoms. The Hall–Kier alpha value is -2.16. The quantitative estimate of drug-likeness (QED) is 0.722. The second kappa shape index (κ2) is 5.08. The predicted molar refractivity (Wildman–Crippen MR) is 78.7 cm³/mol. The van der Waals surface area contributed by atoms with Crippen molar-refractivity contribution in [3.8, 4) is 6.07 Å². The van der Waals surface area contributed by atoms with Gasteiger partial charge in [-0.05, 0) is 48.2 Å². The van der Waals surface area contributed by atoms with E-state index in [0.717, 1.165) is 4.90 Å². The molecule has 0 saturated heterocycles. The van der Waals surface area contributed by atoms with Crippen LogP contribution in [0.1, 0.15) is 5.56 Å². The monoisotopic (exact) mass is 301 g/mol. The molecule has 20 heavy (non-hydrogen) atoms. The second-order valence-corrected chi connectivity index (χ2v) is 5.47. The van der Waals surface area contributed by atoms with Gasteiger partial charge in [0.05, 0.1) is 16.7 Å². The molecule has 1 heterocycles. The number of anilines is 1. The normalized spacial score (nSPS) is 10.6. The van der Waals surface area contributed by atoms with Crippen molar-refractivity contribution < 1.29 is 4.42 Å². The zero-order valence-corrected chi connectivity index (χ0v) is 11.7. The molecule has 0 spiro atoms. The molecule has 4 nitrogen and oxygen atoms in total. The summed E-state index contributed by atoms with van der Waals surface area (Å²) >= 11 is 7.43. The molecule has 0 aliphatic rings. The topological polar surface area (TPSA) is 75.8 Å². The summed E-state index contributed by atoms with van der Waals surface area (Å²) in [5.74, 6) is 0. The first-order chi connectivity index (χ1) is 9.65. The standard InChI is InChI=1S/C14H8ClN3OS/c15-10-5-8(7-16)1-4-13(10)20-14-18-11-6-9(17)2-3-12(11)19-14/h1-6H,17H2. The van der Waals surface area contributed by atoms with Crippen LogP contribution in [0.3, 0.4) is 0 Å². The average Bonchev–Trinajstić information content (AvgIpc) is 2.82. The molecule has 0 amide bonds. The molecule has 6 heteroatoms. The van der Waals surface area contributed by atoms with Gasteiger partial charge in [0.2, 0.25) is 0 Å². The van der Waals surface area contributed by atoms with E-state index < -0.39 is 0 Å². The Balaban J connectivity index is 1.95. The van der Waals surface area contributed by atoms with Gasteiger partial charge in [0, 0.05) is 10.6 Å². The number of hydrogen-bond acceptors (Lipinski definition) is 5. The molecule has 0 atom stereocenters. The maximum Gasteiger partial charge on any atom is 0.261 e. The molecule has 0 aliphatic heterocycles. The van der Waals surface area contributed by atoms with Gasteiger partial charge < -0.3 is 10.2 Å². The minimum atomic E-state index is 0.484. The maximum atomic E-state index is 8.81. The number of nitrogens with zero attached hydrogens (tertiary/aromatic N) is 2. The molecule has 0 fully saturated rings. The molecule has 0 unspecified atom stereocenters. The molecule has 0 aliphatic carbocycles. The van der Waals surface area contributed by atoms with Crippen LogP contribution in [0.25, 0.3) is 11.1 Å². The van der Waals surface area contributed by atoms with Gasteiger partial charge in [0.1, 0.15) is 5.52 Å². The van der Waals surface area contributed by atoms with Gasteiger partial charge in [0.15, 0.2) is 5.58 Å². The van der Waals surface area contributed by atoms with Gasteiger partial charge >= 0.3 is 0 Å². The van der Waals surface area contributed by atoms with Crippen molar-refractivity contribution >= 4 is 40.1 Å². The van der Waals surface area contributed by atoms with Crippen molar-refractivity contribution in [3.05, 3.63) is 47.0 Å². The lowest BCUT2D eigenvalue weighted by molar-refractivity contribution is 0.489. The Morgan fingerprint density at radius 3 is 2.85 bits per heavy atom. The van der Waals surface area contributed by atoms with Crippen LogP contribution in [0.15, 0.2) is 50.9 Å². The number of nitrogens with two attached hydrogens (primary N) is 1. The Morgan fingerprint density at radius 2 is 2.10 bits per heavy atom. The smallest absolute Gasteiger partial charge is 0.261 e. The number of aromatic nitrogens is 1. The number of oxazole rings is 1. The lowest BCUT2D eigenvalue weighted by Gasteiger charge is -2.00. The number of nitriles is 1. The SMILES string of the molecule is N#Cc1ccc(Sc2nc3cc(N)ccc3o2)c(Cl)c1. The minimum absolute atomic E-state index is 0.484. The number of halogens is 1. The van der Waals surface area contributed by atoms with Crippen molar-refractivity contribution in [1.82, 2.24) is 4.98 Å². The molecule has 2 aromatic carbocycles. The fourth-order valence-electron chi connectivity index (χ4n) is 1.71. The first kappa shape index (κ1) is 12.9. The molecule has 1 aromatic heterocycles. The van der Waals surface area contributed by atoms with E-state index in [1.165, 1.54) is 11.8 Å². The van der Waals surface area contributed by atoms with Crippen molar-refractivity contribution in [2.75, 3.05) is 5.73 Å². The highest BCUT2D eigenvalue weighted by molar-refractivity contribution is 7.99. The summed E-state index contributed by atoms with van der Waals surface area (Å²) < 4.78 is 5.61. The third-order valence-electron chi connectivity index (χ3n) is 2.65. The van der Waals surface area contributed by atoms with E-state index >= 15 is 0 Å². The summed E-state index contributed by atoms with van der Waals surface area (Å²) in [6.07, 6.45) is 0. The van der Waals surface area contributed by atoms with E-state index in [9.17, 15) is 0 Å². The third kappa shape index (κ3) is 2.44. The van der Waals surface area contributed by atoms with Crippen LogP contribution in [0.2, 0.25) is 5.02 Å². The van der Waals surface area contributed by atoms with Gasteiger partial charge in [-0.3, -0.25) is 0 Å². The van der Waals surface area contributed by atoms with Gasteiger partial charge in [-0.1, -0.05) is 11.6 Å². The summed E-state index contributed by atoms with van der Waals surface area (Å²) in [6.45, 7) is 0. The van der Waals surface area contributed by atoms with Crippen molar-refractivity contribution in [2.45, 2.75) is 10.1 Å². The summed E-state index contributed by atoms with van der Waals surface area (Å²) in [7, 11) is 0. The zero-order valence-electron chi connectivity index (χ0n) is 10.1. The Labute approximate surface area is 124 Å². The van der Waals surface area contributed by atoms with Crippen LogP contribution in [-0.2, 0) is 0 Å². The fraction of sp³-hybridized carbons (Fsp3) is 0. The summed E-state index contributed by atoms with van der Waals surface area (Å²) in [5, 5.41) is 9.79. The number of nitrogen functional groups attached to an aromatic ring is 1. The van der Waals surface area contributed by atoms with Gasteiger partial charge in [-0.15, -0.1) is 0 Å². The van der Waals surface area contributed by atoms with Gasteiger partial charge in [-0.2, -0.15) is 5.26 Å². The van der Waals surface area contributed by atoms with E-state index in [4.69, 9.17) is 27.0 Å². The van der Waals surface area contributed by atoms with E-state index in [-0.39, 0.29) is 0 Å². The number of hydrogen-bond donors (Lipinski definition) is 1. The first-order valence-electron chi connectivity index (χ1n) is 5.69. The first-order valence-corrected chi connectivity index (χ1v) is 6.89. The number of rotatable bonds is 2. The largest absolute Gasteiger partial charge is 0.431 e. The van der Waals surface area contributed by atoms with E-state index in [1.54, 1.807) is 36.4 Å². The van der Waals surface area contributed by atoms with Crippen LogP contribution >= 0.6 is 23.4 Å². The highest BCUT2D eigenvalue weighted by atomic mass is 35.5. The molecule has 2 N–H and O–H groups in total. The predicted octanol–water partition coefficient (Wildman–Crippen LogP) is 4.09. The van der Waals surface area contributed by atoms with E-state index in [0.29, 0.717) is 32.6 Å². The van der Waals surface area contributed by atoms with Crippen molar-refractivity contribution in [2.24, 2.45) is 0 Å². The van der Waals surface area contributed by atoms with E-state index in [1.807, 2.05) is 6.07 Å². The van der Waals surface area contributed by atoms with E-state index in [2.05, 4.69) is 4.98 Å². The lowest BCUT2D eigenvalue weighted by Crippen LogP contribution is -1.82. The zero-order chi connectivity index (χ0) is 14.1. The molecule has 0 radical (unpaired) electrons. The molecule has 0 saturated carbocycles. The third-order valence-corrected chi connectivity index (χ3v) is 4.00. The van der Waals surface area contributed by atoms with Crippen molar-refractivity contribution in [1.29, 1.82) is 5.26 Å². The van der Waals surface area contributed by atoms with Gasteiger partial charge in [0.25, 0.3) is 5.22 Å². The Morgan fingerprint density at radius 1 is 1.25 bits per heavy atom. The summed E-state index contributed by atoms with van der Waals surface area (Å²) in [6, 6.07) is 12.4. The highest BCUT2D eigenvalue weighted by Gasteiger charge is 2.10. The minimum Gasteiger partial charge on any atom is -0.431 e. The number of benzene rings is 2. The van der Waals surface area contributed by atoms with Crippen molar-refractivity contribution in [3.63, 3.8) is 0 Å². The fourth-order valence-corrected chi connectivity index (χ4v) is 2.77. The molecule has 3 rings (SSSR count).